The van der Waals surface area contributed by atoms with E-state index in [4.69, 9.17) is 26.8 Å². The number of nitrogens with one attached hydrogen (secondary N) is 1. The molecule has 0 radical (unpaired) electrons. The Labute approximate surface area is 214 Å². The summed E-state index contributed by atoms with van der Waals surface area (Å²) in [5, 5.41) is 3.43. The van der Waals surface area contributed by atoms with Gasteiger partial charge in [-0.1, -0.05) is 31.9 Å². The van der Waals surface area contributed by atoms with Crippen molar-refractivity contribution in [2.45, 2.75) is 58.1 Å². The van der Waals surface area contributed by atoms with E-state index in [0.29, 0.717) is 33.8 Å². The third-order valence-corrected chi connectivity index (χ3v) is 7.74. The van der Waals surface area contributed by atoms with Gasteiger partial charge >= 0.3 is 0 Å². The Hall–Kier alpha value is -2.03. The number of carbonyl (C=O) groups is 2. The Kier molecular flexibility index (Phi) is 10.1. The van der Waals surface area contributed by atoms with Gasteiger partial charge in [-0.05, 0) is 37.7 Å². The van der Waals surface area contributed by atoms with E-state index in [1.165, 1.54) is 7.11 Å². The quantitative estimate of drug-likeness (QED) is 0.496. The van der Waals surface area contributed by atoms with Gasteiger partial charge in [0.15, 0.2) is 0 Å². The van der Waals surface area contributed by atoms with E-state index in [2.05, 4.69) is 17.1 Å². The number of benzene rings is 1. The number of nitrogens with zero attached hydrogens (tertiary/aromatic N) is 2. The Morgan fingerprint density at radius 2 is 1.91 bits per heavy atom. The summed E-state index contributed by atoms with van der Waals surface area (Å²) >= 11 is 6.14. The molecule has 0 spiro atoms. The van der Waals surface area contributed by atoms with E-state index >= 15 is 0 Å². The van der Waals surface area contributed by atoms with Crippen molar-refractivity contribution in [3.8, 4) is 5.75 Å². The van der Waals surface area contributed by atoms with E-state index in [9.17, 15) is 9.59 Å². The van der Waals surface area contributed by atoms with E-state index in [-0.39, 0.29) is 24.0 Å². The minimum atomic E-state index is -0.251. The molecule has 3 atom stereocenters. The van der Waals surface area contributed by atoms with Crippen LogP contribution in [0.1, 0.15) is 56.3 Å². The van der Waals surface area contributed by atoms with Crippen LogP contribution < -0.4 is 15.8 Å². The normalized spacial score (nSPS) is 22.6. The predicted molar refractivity (Wildman–Crippen MR) is 139 cm³/mol. The molecule has 0 aromatic heterocycles. The third kappa shape index (κ3) is 7.02. The Morgan fingerprint density at radius 1 is 1.20 bits per heavy atom. The molecular weight excluding hydrogens is 468 g/mol. The first-order valence-corrected chi connectivity index (χ1v) is 13.1. The van der Waals surface area contributed by atoms with Crippen molar-refractivity contribution < 1.29 is 19.1 Å². The van der Waals surface area contributed by atoms with Crippen LogP contribution in [-0.2, 0) is 9.53 Å². The Balaban J connectivity index is 1.51. The van der Waals surface area contributed by atoms with E-state index in [1.54, 1.807) is 19.2 Å². The van der Waals surface area contributed by atoms with Crippen LogP contribution in [0.4, 0.5) is 5.69 Å². The highest BCUT2D eigenvalue weighted by molar-refractivity contribution is 6.33. The molecule has 3 N–H and O–H groups in total. The third-order valence-electron chi connectivity index (χ3n) is 7.41. The molecule has 8 nitrogen and oxygen atoms in total. The number of ether oxygens (including phenoxy) is 2. The monoisotopic (exact) mass is 508 g/mol. The molecule has 0 saturated carbocycles. The van der Waals surface area contributed by atoms with Crippen molar-refractivity contribution in [3.05, 3.63) is 22.7 Å². The molecule has 3 rings (SSSR count). The number of nitrogen functional groups attached to an aromatic ring is 1. The van der Waals surface area contributed by atoms with Gasteiger partial charge in [-0.25, -0.2) is 0 Å². The molecule has 3 unspecified atom stereocenters. The van der Waals surface area contributed by atoms with Gasteiger partial charge in [0, 0.05) is 51.8 Å². The largest absolute Gasteiger partial charge is 0.496 e. The Morgan fingerprint density at radius 3 is 2.54 bits per heavy atom. The molecule has 1 aromatic carbocycles. The molecule has 2 heterocycles. The molecule has 9 heteroatoms. The Bertz CT molecular complexity index is 875. The van der Waals surface area contributed by atoms with Crippen LogP contribution in [0.15, 0.2) is 12.1 Å². The fraction of sp³-hybridized carbons (Fsp3) is 0.692. The zero-order chi connectivity index (χ0) is 25.5. The SMILES string of the molecule is CCCC(C)C(=O)N1CCC(CN2CCC(NC(=O)c3cc(Cl)c(N)cc3OC)C(OC)C2)CC1. The van der Waals surface area contributed by atoms with Crippen LogP contribution >= 0.6 is 11.6 Å². The smallest absolute Gasteiger partial charge is 0.255 e. The standard InChI is InChI=1S/C26H41ClN4O4/c1-5-6-17(2)26(33)31-11-7-18(8-12-31)15-30-10-9-22(24(16-30)35-4)29-25(32)19-13-20(27)21(28)14-23(19)34-3/h13-14,17-18,22,24H,5-12,15-16,28H2,1-4H3,(H,29,32). The van der Waals surface area contributed by atoms with Crippen molar-refractivity contribution in [2.75, 3.05) is 52.7 Å². The first-order valence-electron chi connectivity index (χ1n) is 12.7. The first kappa shape index (κ1) is 27.6. The summed E-state index contributed by atoms with van der Waals surface area (Å²) in [6, 6.07) is 3.00. The van der Waals surface area contributed by atoms with Gasteiger partial charge in [0.2, 0.25) is 5.91 Å². The molecule has 0 bridgehead atoms. The van der Waals surface area contributed by atoms with Crippen LogP contribution in [0.25, 0.3) is 0 Å². The van der Waals surface area contributed by atoms with Crippen LogP contribution in [0.5, 0.6) is 5.75 Å². The maximum atomic E-state index is 13.0. The summed E-state index contributed by atoms with van der Waals surface area (Å²) in [6.07, 6.45) is 4.76. The van der Waals surface area contributed by atoms with Gasteiger partial charge in [-0.2, -0.15) is 0 Å². The maximum absolute atomic E-state index is 13.0. The number of likely N-dealkylation sites (tertiary alicyclic amines) is 2. The molecule has 2 fully saturated rings. The lowest BCUT2D eigenvalue weighted by Crippen LogP contribution is -2.55. The van der Waals surface area contributed by atoms with Gasteiger partial charge in [-0.15, -0.1) is 0 Å². The zero-order valence-electron chi connectivity index (χ0n) is 21.5. The van der Waals surface area contributed by atoms with E-state index in [0.717, 1.165) is 64.8 Å². The van der Waals surface area contributed by atoms with Gasteiger partial charge < -0.3 is 30.3 Å². The van der Waals surface area contributed by atoms with Gasteiger partial charge in [-0.3, -0.25) is 9.59 Å². The topological polar surface area (TPSA) is 97.1 Å². The summed E-state index contributed by atoms with van der Waals surface area (Å²) in [4.78, 5) is 30.1. The van der Waals surface area contributed by atoms with Crippen molar-refractivity contribution in [3.63, 3.8) is 0 Å². The molecule has 2 aliphatic heterocycles. The average Bonchev–Trinajstić information content (AvgIpc) is 2.86. The van der Waals surface area contributed by atoms with Crippen molar-refractivity contribution in [1.82, 2.24) is 15.1 Å². The van der Waals surface area contributed by atoms with Crippen molar-refractivity contribution in [2.24, 2.45) is 11.8 Å². The number of methoxy groups -OCH3 is 2. The number of hydrogen-bond acceptors (Lipinski definition) is 6. The summed E-state index contributed by atoms with van der Waals surface area (Å²) in [5.74, 6) is 1.14. The van der Waals surface area contributed by atoms with Crippen LogP contribution in [0.2, 0.25) is 5.02 Å². The maximum Gasteiger partial charge on any atom is 0.255 e. The van der Waals surface area contributed by atoms with Gasteiger partial charge in [0.1, 0.15) is 5.75 Å². The summed E-state index contributed by atoms with van der Waals surface area (Å²) in [6.45, 7) is 8.51. The van der Waals surface area contributed by atoms with Crippen LogP contribution in [-0.4, -0.2) is 80.7 Å². The number of amides is 2. The zero-order valence-corrected chi connectivity index (χ0v) is 22.3. The van der Waals surface area contributed by atoms with Crippen LogP contribution in [0.3, 0.4) is 0 Å². The lowest BCUT2D eigenvalue weighted by Gasteiger charge is -2.41. The fourth-order valence-electron chi connectivity index (χ4n) is 5.28. The minimum absolute atomic E-state index is 0.107. The lowest BCUT2D eigenvalue weighted by molar-refractivity contribution is -0.136. The van der Waals surface area contributed by atoms with E-state index < -0.39 is 0 Å². The number of anilines is 1. The molecule has 196 valence electrons. The summed E-state index contributed by atoms with van der Waals surface area (Å²) in [7, 11) is 3.19. The number of rotatable bonds is 9. The number of halogens is 1. The highest BCUT2D eigenvalue weighted by atomic mass is 35.5. The molecular formula is C26H41ClN4O4. The highest BCUT2D eigenvalue weighted by Crippen LogP contribution is 2.29. The van der Waals surface area contributed by atoms with Gasteiger partial charge in [0.25, 0.3) is 5.91 Å². The summed E-state index contributed by atoms with van der Waals surface area (Å²) in [5.41, 5.74) is 6.57. The summed E-state index contributed by atoms with van der Waals surface area (Å²) < 4.78 is 11.1. The predicted octanol–water partition coefficient (Wildman–Crippen LogP) is 3.42. The van der Waals surface area contributed by atoms with Crippen molar-refractivity contribution in [1.29, 1.82) is 0 Å². The second-order valence-corrected chi connectivity index (χ2v) is 10.3. The molecule has 2 aliphatic rings. The molecule has 1 aromatic rings. The second kappa shape index (κ2) is 12.8. The van der Waals surface area contributed by atoms with Crippen molar-refractivity contribution >= 4 is 29.1 Å². The molecule has 0 aliphatic carbocycles. The molecule has 2 saturated heterocycles. The number of nitrogens with two attached hydrogens (primary N) is 1. The number of hydrogen-bond donors (Lipinski definition) is 2. The number of carbonyl (C=O) groups excluding carboxylic acids is 2. The molecule has 35 heavy (non-hydrogen) atoms. The number of piperidine rings is 2. The molecule has 2 amide bonds. The van der Waals surface area contributed by atoms with Crippen LogP contribution in [0, 0.1) is 11.8 Å². The minimum Gasteiger partial charge on any atom is -0.496 e. The van der Waals surface area contributed by atoms with Gasteiger partial charge in [0.05, 0.1) is 35.5 Å². The lowest BCUT2D eigenvalue weighted by atomic mass is 9.93. The first-order chi connectivity index (χ1) is 16.8. The fourth-order valence-corrected chi connectivity index (χ4v) is 5.44. The van der Waals surface area contributed by atoms with E-state index in [1.807, 2.05) is 11.8 Å². The second-order valence-electron chi connectivity index (χ2n) is 9.93. The highest BCUT2D eigenvalue weighted by Gasteiger charge is 2.33. The average molecular weight is 509 g/mol.